The van der Waals surface area contributed by atoms with Crippen LogP contribution in [0.3, 0.4) is 0 Å². The van der Waals surface area contributed by atoms with Crippen molar-refractivity contribution in [1.82, 2.24) is 15.1 Å². The number of rotatable bonds is 5. The Morgan fingerprint density at radius 3 is 2.65 bits per heavy atom. The van der Waals surface area contributed by atoms with Crippen molar-refractivity contribution in [3.63, 3.8) is 0 Å². The number of halogens is 1. The molecule has 1 aromatic heterocycles. The highest BCUT2D eigenvalue weighted by molar-refractivity contribution is 9.10. The first kappa shape index (κ1) is 14.7. The number of hydrogen-bond donors (Lipinski definition) is 1. The molecular weight excluding hydrogens is 282 g/mol. The molecule has 98 valence electrons. The number of aryl methyl sites for hydroxylation is 1. The number of ether oxygens (including phenoxy) is 1. The summed E-state index contributed by atoms with van der Waals surface area (Å²) in [6, 6.07) is 0.144. The van der Waals surface area contributed by atoms with Gasteiger partial charge in [-0.05, 0) is 50.7 Å². The fourth-order valence-electron chi connectivity index (χ4n) is 1.60. The second-order valence-corrected chi connectivity index (χ2v) is 5.81. The summed E-state index contributed by atoms with van der Waals surface area (Å²) in [6.07, 6.45) is 1.83. The van der Waals surface area contributed by atoms with Gasteiger partial charge < -0.3 is 10.1 Å². The van der Waals surface area contributed by atoms with Crippen LogP contribution in [0, 0.1) is 0 Å². The standard InChI is InChI=1S/C12H22BrN3O/c1-6-16-11(9(13)7-15-16)10(14-5)8-17-12(2,3)4/h7,10,14H,6,8H2,1-5H3. The van der Waals surface area contributed by atoms with E-state index in [0.717, 1.165) is 16.7 Å². The zero-order valence-electron chi connectivity index (χ0n) is 11.2. The quantitative estimate of drug-likeness (QED) is 0.909. The third-order valence-corrected chi connectivity index (χ3v) is 3.11. The molecule has 0 aromatic carbocycles. The molecule has 0 aliphatic rings. The largest absolute Gasteiger partial charge is 0.374 e. The molecule has 0 saturated heterocycles. The lowest BCUT2D eigenvalue weighted by molar-refractivity contribution is -0.0149. The molecule has 1 heterocycles. The Balaban J connectivity index is 2.82. The van der Waals surface area contributed by atoms with E-state index in [4.69, 9.17) is 4.74 Å². The smallest absolute Gasteiger partial charge is 0.0739 e. The molecule has 0 bridgehead atoms. The molecule has 0 saturated carbocycles. The summed E-state index contributed by atoms with van der Waals surface area (Å²) in [7, 11) is 1.94. The van der Waals surface area contributed by atoms with Gasteiger partial charge in [-0.3, -0.25) is 4.68 Å². The van der Waals surface area contributed by atoms with Crippen LogP contribution in [0.4, 0.5) is 0 Å². The highest BCUT2D eigenvalue weighted by Gasteiger charge is 2.21. The van der Waals surface area contributed by atoms with Gasteiger partial charge in [0.2, 0.25) is 0 Å². The maximum Gasteiger partial charge on any atom is 0.0739 e. The van der Waals surface area contributed by atoms with Gasteiger partial charge in [-0.1, -0.05) is 0 Å². The number of likely N-dealkylation sites (N-methyl/N-ethyl adjacent to an activating group) is 1. The van der Waals surface area contributed by atoms with Gasteiger partial charge in [0.1, 0.15) is 0 Å². The van der Waals surface area contributed by atoms with Gasteiger partial charge in [0.05, 0.1) is 34.6 Å². The first-order valence-corrected chi connectivity index (χ1v) is 6.70. The highest BCUT2D eigenvalue weighted by atomic mass is 79.9. The second kappa shape index (κ2) is 5.98. The van der Waals surface area contributed by atoms with Crippen LogP contribution in [0.25, 0.3) is 0 Å². The van der Waals surface area contributed by atoms with Crippen LogP contribution in [0.15, 0.2) is 10.7 Å². The molecule has 17 heavy (non-hydrogen) atoms. The number of nitrogens with zero attached hydrogens (tertiary/aromatic N) is 2. The molecule has 5 heteroatoms. The third kappa shape index (κ3) is 4.08. The van der Waals surface area contributed by atoms with Crippen LogP contribution < -0.4 is 5.32 Å². The van der Waals surface area contributed by atoms with Gasteiger partial charge in [-0.15, -0.1) is 0 Å². The Morgan fingerprint density at radius 2 is 2.18 bits per heavy atom. The summed E-state index contributed by atoms with van der Waals surface area (Å²) in [6.45, 7) is 9.75. The van der Waals surface area contributed by atoms with Crippen LogP contribution in [0.1, 0.15) is 39.4 Å². The molecule has 1 aromatic rings. The van der Waals surface area contributed by atoms with E-state index in [-0.39, 0.29) is 11.6 Å². The molecule has 0 radical (unpaired) electrons. The van der Waals surface area contributed by atoms with E-state index in [1.165, 1.54) is 0 Å². The predicted octanol–water partition coefficient (Wildman–Crippen LogP) is 2.74. The molecule has 1 atom stereocenters. The fourth-order valence-corrected chi connectivity index (χ4v) is 2.18. The summed E-state index contributed by atoms with van der Waals surface area (Å²) in [5.74, 6) is 0. The van der Waals surface area contributed by atoms with Gasteiger partial charge in [-0.25, -0.2) is 0 Å². The highest BCUT2D eigenvalue weighted by Crippen LogP contribution is 2.24. The maximum atomic E-state index is 5.84. The van der Waals surface area contributed by atoms with Crippen molar-refractivity contribution in [2.24, 2.45) is 0 Å². The topological polar surface area (TPSA) is 39.1 Å². The van der Waals surface area contributed by atoms with Gasteiger partial charge in [-0.2, -0.15) is 5.10 Å². The van der Waals surface area contributed by atoms with Gasteiger partial charge in [0, 0.05) is 6.54 Å². The molecule has 0 aliphatic heterocycles. The molecule has 0 fully saturated rings. The van der Waals surface area contributed by atoms with Crippen molar-refractivity contribution in [3.05, 3.63) is 16.4 Å². The van der Waals surface area contributed by atoms with Crippen molar-refractivity contribution < 1.29 is 4.74 Å². The zero-order chi connectivity index (χ0) is 13.1. The first-order chi connectivity index (χ1) is 7.89. The van der Waals surface area contributed by atoms with Gasteiger partial charge >= 0.3 is 0 Å². The van der Waals surface area contributed by atoms with Crippen LogP contribution in [0.2, 0.25) is 0 Å². The lowest BCUT2D eigenvalue weighted by Crippen LogP contribution is -2.30. The van der Waals surface area contributed by atoms with Gasteiger partial charge in [0.15, 0.2) is 0 Å². The Hall–Kier alpha value is -0.390. The molecule has 0 aliphatic carbocycles. The molecule has 4 nitrogen and oxygen atoms in total. The van der Waals surface area contributed by atoms with Crippen molar-refractivity contribution >= 4 is 15.9 Å². The third-order valence-electron chi connectivity index (χ3n) is 2.49. The predicted molar refractivity (Wildman–Crippen MR) is 73.1 cm³/mol. The molecule has 0 spiro atoms. The minimum atomic E-state index is -0.126. The van der Waals surface area contributed by atoms with Crippen LogP contribution in [-0.2, 0) is 11.3 Å². The zero-order valence-corrected chi connectivity index (χ0v) is 12.8. The molecule has 0 amide bonds. The summed E-state index contributed by atoms with van der Waals surface area (Å²) in [4.78, 5) is 0. The SMILES string of the molecule is CCn1ncc(Br)c1C(COC(C)(C)C)NC. The lowest BCUT2D eigenvalue weighted by atomic mass is 10.1. The van der Waals surface area contributed by atoms with Crippen molar-refractivity contribution in [2.45, 2.75) is 45.9 Å². The second-order valence-electron chi connectivity index (χ2n) is 4.96. The van der Waals surface area contributed by atoms with E-state index >= 15 is 0 Å². The van der Waals surface area contributed by atoms with Crippen molar-refractivity contribution in [1.29, 1.82) is 0 Å². The van der Waals surface area contributed by atoms with Gasteiger partial charge in [0.25, 0.3) is 0 Å². The normalized spacial score (nSPS) is 14.0. The van der Waals surface area contributed by atoms with E-state index in [9.17, 15) is 0 Å². The van der Waals surface area contributed by atoms with E-state index in [1.54, 1.807) is 0 Å². The summed E-state index contributed by atoms with van der Waals surface area (Å²) in [5.41, 5.74) is 1.01. The molecule has 1 unspecified atom stereocenters. The Kier molecular flexibility index (Phi) is 5.16. The van der Waals surface area contributed by atoms with Crippen LogP contribution in [-0.4, -0.2) is 29.0 Å². The lowest BCUT2D eigenvalue weighted by Gasteiger charge is -2.25. The number of nitrogens with one attached hydrogen (secondary N) is 1. The first-order valence-electron chi connectivity index (χ1n) is 5.91. The Labute approximate surface area is 112 Å². The number of hydrogen-bond acceptors (Lipinski definition) is 3. The summed E-state index contributed by atoms with van der Waals surface area (Å²) < 4.78 is 8.84. The monoisotopic (exact) mass is 303 g/mol. The van der Waals surface area contributed by atoms with E-state index < -0.39 is 0 Å². The average molecular weight is 304 g/mol. The Bertz CT molecular complexity index is 357. The number of aromatic nitrogens is 2. The summed E-state index contributed by atoms with van der Waals surface area (Å²) in [5, 5.41) is 7.60. The minimum Gasteiger partial charge on any atom is -0.374 e. The Morgan fingerprint density at radius 1 is 1.53 bits per heavy atom. The molecule has 1 rings (SSSR count). The molecule has 1 N–H and O–H groups in total. The fraction of sp³-hybridized carbons (Fsp3) is 0.750. The maximum absolute atomic E-state index is 5.84. The van der Waals surface area contributed by atoms with Crippen molar-refractivity contribution in [3.8, 4) is 0 Å². The minimum absolute atomic E-state index is 0.126. The van der Waals surface area contributed by atoms with E-state index in [2.05, 4.69) is 54.0 Å². The van der Waals surface area contributed by atoms with Crippen LogP contribution in [0.5, 0.6) is 0 Å². The van der Waals surface area contributed by atoms with E-state index in [0.29, 0.717) is 6.61 Å². The summed E-state index contributed by atoms with van der Waals surface area (Å²) >= 11 is 3.54. The van der Waals surface area contributed by atoms with Crippen LogP contribution >= 0.6 is 15.9 Å². The van der Waals surface area contributed by atoms with E-state index in [1.807, 2.05) is 17.9 Å². The van der Waals surface area contributed by atoms with Crippen molar-refractivity contribution in [2.75, 3.05) is 13.7 Å². The average Bonchev–Trinajstić information content (AvgIpc) is 2.60. The molecular formula is C12H22BrN3O.